The van der Waals surface area contributed by atoms with Gasteiger partial charge in [0.25, 0.3) is 0 Å². The molecule has 0 aliphatic heterocycles. The standard InChI is InChI=1S/C14H6BrF5/c15-8-4-1-7(2-5-8)3-6-9-10(16)12(18)14(20)13(19)11(9)17/h1-6H. The van der Waals surface area contributed by atoms with Crippen LogP contribution in [-0.2, 0) is 0 Å². The molecule has 0 N–H and O–H groups in total. The van der Waals surface area contributed by atoms with Crippen LogP contribution in [0, 0.1) is 29.1 Å². The number of benzene rings is 2. The van der Waals surface area contributed by atoms with Gasteiger partial charge in [0.1, 0.15) is 0 Å². The minimum Gasteiger partial charge on any atom is -0.203 e. The summed E-state index contributed by atoms with van der Waals surface area (Å²) in [6.07, 6.45) is 2.10. The predicted molar refractivity (Wildman–Crippen MR) is 69.3 cm³/mol. The number of halogens is 6. The molecule has 0 heterocycles. The molecule has 0 nitrogen and oxygen atoms in total. The Morgan fingerprint density at radius 3 is 1.60 bits per heavy atom. The molecule has 0 unspecified atom stereocenters. The van der Waals surface area contributed by atoms with E-state index in [0.29, 0.717) is 5.56 Å². The third-order valence-electron chi connectivity index (χ3n) is 2.56. The molecule has 0 radical (unpaired) electrons. The summed E-state index contributed by atoms with van der Waals surface area (Å²) >= 11 is 3.21. The first kappa shape index (κ1) is 14.7. The minimum absolute atomic E-state index is 0.553. The second-order valence-electron chi connectivity index (χ2n) is 3.87. The van der Waals surface area contributed by atoms with Crippen molar-refractivity contribution >= 4 is 28.1 Å². The second kappa shape index (κ2) is 5.75. The van der Waals surface area contributed by atoms with Crippen LogP contribution >= 0.6 is 15.9 Å². The summed E-state index contributed by atoms with van der Waals surface area (Å²) in [5.74, 6) is -9.79. The molecule has 0 amide bonds. The second-order valence-corrected chi connectivity index (χ2v) is 4.78. The van der Waals surface area contributed by atoms with E-state index in [1.54, 1.807) is 24.3 Å². The van der Waals surface area contributed by atoms with Crippen LogP contribution in [0.25, 0.3) is 12.2 Å². The quantitative estimate of drug-likeness (QED) is 0.298. The minimum atomic E-state index is -2.17. The Kier molecular flexibility index (Phi) is 4.23. The number of hydrogen-bond acceptors (Lipinski definition) is 0. The highest BCUT2D eigenvalue weighted by atomic mass is 79.9. The van der Waals surface area contributed by atoms with Crippen molar-refractivity contribution < 1.29 is 22.0 Å². The molecule has 0 atom stereocenters. The molecular formula is C14H6BrF5. The molecule has 20 heavy (non-hydrogen) atoms. The molecule has 0 aliphatic rings. The SMILES string of the molecule is Fc1c(F)c(F)c(C=Cc2ccc(Br)cc2)c(F)c1F. The van der Waals surface area contributed by atoms with Gasteiger partial charge in [-0.3, -0.25) is 0 Å². The summed E-state index contributed by atoms with van der Waals surface area (Å²) in [5, 5.41) is 0. The van der Waals surface area contributed by atoms with E-state index in [4.69, 9.17) is 0 Å². The van der Waals surface area contributed by atoms with E-state index >= 15 is 0 Å². The lowest BCUT2D eigenvalue weighted by Crippen LogP contribution is -2.03. The Morgan fingerprint density at radius 2 is 1.10 bits per heavy atom. The zero-order valence-electron chi connectivity index (χ0n) is 9.73. The maximum absolute atomic E-state index is 13.4. The van der Waals surface area contributed by atoms with Crippen molar-refractivity contribution in [3.63, 3.8) is 0 Å². The van der Waals surface area contributed by atoms with Crippen molar-refractivity contribution in [3.8, 4) is 0 Å². The van der Waals surface area contributed by atoms with Crippen LogP contribution in [0.1, 0.15) is 11.1 Å². The number of hydrogen-bond donors (Lipinski definition) is 0. The van der Waals surface area contributed by atoms with Gasteiger partial charge in [0.2, 0.25) is 5.82 Å². The van der Waals surface area contributed by atoms with Gasteiger partial charge in [0, 0.05) is 4.47 Å². The van der Waals surface area contributed by atoms with Crippen molar-refractivity contribution in [2.45, 2.75) is 0 Å². The summed E-state index contributed by atoms with van der Waals surface area (Å²) in [6.45, 7) is 0. The summed E-state index contributed by atoms with van der Waals surface area (Å²) in [4.78, 5) is 0. The topological polar surface area (TPSA) is 0 Å². The fourth-order valence-electron chi connectivity index (χ4n) is 1.52. The van der Waals surface area contributed by atoms with Gasteiger partial charge in [-0.25, -0.2) is 22.0 Å². The van der Waals surface area contributed by atoms with Gasteiger partial charge < -0.3 is 0 Å². The molecule has 0 bridgehead atoms. The molecule has 2 rings (SSSR count). The van der Waals surface area contributed by atoms with Gasteiger partial charge in [-0.05, 0) is 23.8 Å². The van der Waals surface area contributed by atoms with Gasteiger partial charge in [0.05, 0.1) is 5.56 Å². The molecule has 104 valence electrons. The molecule has 0 saturated carbocycles. The first-order valence-corrected chi connectivity index (χ1v) is 6.16. The van der Waals surface area contributed by atoms with E-state index in [1.165, 1.54) is 6.08 Å². The highest BCUT2D eigenvalue weighted by Gasteiger charge is 2.24. The third-order valence-corrected chi connectivity index (χ3v) is 3.08. The highest BCUT2D eigenvalue weighted by molar-refractivity contribution is 9.10. The van der Waals surface area contributed by atoms with Gasteiger partial charge in [-0.15, -0.1) is 0 Å². The molecule has 2 aromatic carbocycles. The van der Waals surface area contributed by atoms with Gasteiger partial charge in [-0.1, -0.05) is 34.1 Å². The van der Waals surface area contributed by atoms with E-state index in [0.717, 1.165) is 10.5 Å². The molecule has 0 spiro atoms. The summed E-state index contributed by atoms with van der Waals surface area (Å²) < 4.78 is 66.4. The van der Waals surface area contributed by atoms with Crippen LogP contribution < -0.4 is 0 Å². The van der Waals surface area contributed by atoms with E-state index in [-0.39, 0.29) is 0 Å². The molecular weight excluding hydrogens is 343 g/mol. The monoisotopic (exact) mass is 348 g/mol. The average molecular weight is 349 g/mol. The molecule has 6 heteroatoms. The Hall–Kier alpha value is -1.69. The van der Waals surface area contributed by atoms with Crippen LogP contribution in [0.5, 0.6) is 0 Å². The normalized spacial score (nSPS) is 11.3. The molecule has 0 aliphatic carbocycles. The summed E-state index contributed by atoms with van der Waals surface area (Å²) in [6, 6.07) is 6.59. The van der Waals surface area contributed by atoms with Crippen LogP contribution in [0.3, 0.4) is 0 Å². The zero-order chi connectivity index (χ0) is 14.9. The first-order chi connectivity index (χ1) is 9.41. The fraction of sp³-hybridized carbons (Fsp3) is 0. The van der Waals surface area contributed by atoms with Crippen molar-refractivity contribution in [2.75, 3.05) is 0 Å². The summed E-state index contributed by atoms with van der Waals surface area (Å²) in [7, 11) is 0. The van der Waals surface area contributed by atoms with Crippen molar-refractivity contribution in [2.24, 2.45) is 0 Å². The van der Waals surface area contributed by atoms with E-state index < -0.39 is 34.6 Å². The van der Waals surface area contributed by atoms with Crippen LogP contribution in [0.4, 0.5) is 22.0 Å². The number of rotatable bonds is 2. The van der Waals surface area contributed by atoms with E-state index in [9.17, 15) is 22.0 Å². The zero-order valence-corrected chi connectivity index (χ0v) is 11.3. The molecule has 0 saturated heterocycles. The van der Waals surface area contributed by atoms with Crippen LogP contribution in [0.2, 0.25) is 0 Å². The van der Waals surface area contributed by atoms with Crippen molar-refractivity contribution in [3.05, 3.63) is 69.0 Å². The Labute approximate surface area is 119 Å². The van der Waals surface area contributed by atoms with Crippen molar-refractivity contribution in [1.82, 2.24) is 0 Å². The van der Waals surface area contributed by atoms with Gasteiger partial charge >= 0.3 is 0 Å². The van der Waals surface area contributed by atoms with Gasteiger partial charge in [0.15, 0.2) is 23.3 Å². The largest absolute Gasteiger partial charge is 0.203 e. The molecule has 0 fully saturated rings. The Bertz CT molecular complexity index is 648. The lowest BCUT2D eigenvalue weighted by atomic mass is 10.1. The fourth-order valence-corrected chi connectivity index (χ4v) is 1.79. The Morgan fingerprint density at radius 1 is 0.650 bits per heavy atom. The molecule has 0 aromatic heterocycles. The lowest BCUT2D eigenvalue weighted by molar-refractivity contribution is 0.377. The smallest absolute Gasteiger partial charge is 0.200 e. The maximum atomic E-state index is 13.4. The van der Waals surface area contributed by atoms with Gasteiger partial charge in [-0.2, -0.15) is 0 Å². The van der Waals surface area contributed by atoms with E-state index in [2.05, 4.69) is 15.9 Å². The average Bonchev–Trinajstić information content (AvgIpc) is 2.45. The van der Waals surface area contributed by atoms with E-state index in [1.807, 2.05) is 0 Å². The van der Waals surface area contributed by atoms with Crippen molar-refractivity contribution in [1.29, 1.82) is 0 Å². The highest BCUT2D eigenvalue weighted by Crippen LogP contribution is 2.24. The maximum Gasteiger partial charge on any atom is 0.200 e. The summed E-state index contributed by atoms with van der Waals surface area (Å²) in [5.41, 5.74) is -0.415. The predicted octanol–water partition coefficient (Wildman–Crippen LogP) is 5.32. The van der Waals surface area contributed by atoms with Crippen LogP contribution in [0.15, 0.2) is 28.7 Å². The first-order valence-electron chi connectivity index (χ1n) is 5.37. The lowest BCUT2D eigenvalue weighted by Gasteiger charge is -2.04. The van der Waals surface area contributed by atoms with Crippen LogP contribution in [-0.4, -0.2) is 0 Å². The Balaban J connectivity index is 2.46. The third kappa shape index (κ3) is 2.75. The molecule has 2 aromatic rings.